The number of nitrogens with one attached hydrogen (secondary N) is 1. The van der Waals surface area contributed by atoms with Crippen molar-refractivity contribution in [3.8, 4) is 0 Å². The van der Waals surface area contributed by atoms with E-state index in [4.69, 9.17) is 4.52 Å². The molecule has 4 nitrogen and oxygen atoms in total. The fraction of sp³-hybridized carbons (Fsp3) is 0.562. The van der Waals surface area contributed by atoms with Crippen LogP contribution in [0.2, 0.25) is 0 Å². The van der Waals surface area contributed by atoms with Crippen LogP contribution in [0.1, 0.15) is 54.8 Å². The van der Waals surface area contributed by atoms with Crippen molar-refractivity contribution in [2.45, 2.75) is 52.1 Å². The van der Waals surface area contributed by atoms with Gasteiger partial charge < -0.3 is 14.4 Å². The van der Waals surface area contributed by atoms with E-state index >= 15 is 0 Å². The molecule has 1 atom stereocenters. The van der Waals surface area contributed by atoms with Crippen molar-refractivity contribution in [2.24, 2.45) is 0 Å². The van der Waals surface area contributed by atoms with Crippen molar-refractivity contribution in [3.05, 3.63) is 41.0 Å². The SMILES string of the molecule is CCCNC1CCCc2cn(Cc3cc(C)no3)cc21. The van der Waals surface area contributed by atoms with E-state index in [1.54, 1.807) is 0 Å². The molecule has 2 aromatic heterocycles. The Morgan fingerprint density at radius 1 is 1.45 bits per heavy atom. The second-order valence-electron chi connectivity index (χ2n) is 5.74. The lowest BCUT2D eigenvalue weighted by atomic mass is 9.91. The Morgan fingerprint density at radius 3 is 3.10 bits per heavy atom. The van der Waals surface area contributed by atoms with Gasteiger partial charge in [0.15, 0.2) is 5.76 Å². The summed E-state index contributed by atoms with van der Waals surface area (Å²) in [7, 11) is 0. The van der Waals surface area contributed by atoms with E-state index in [9.17, 15) is 0 Å². The molecule has 0 radical (unpaired) electrons. The monoisotopic (exact) mass is 273 g/mol. The van der Waals surface area contributed by atoms with Crippen LogP contribution in [0, 0.1) is 6.92 Å². The van der Waals surface area contributed by atoms with Crippen LogP contribution in [-0.4, -0.2) is 16.3 Å². The Kier molecular flexibility index (Phi) is 3.92. The minimum atomic E-state index is 0.524. The number of nitrogens with zero attached hydrogens (tertiary/aromatic N) is 2. The highest BCUT2D eigenvalue weighted by Crippen LogP contribution is 2.30. The summed E-state index contributed by atoms with van der Waals surface area (Å²) in [6.45, 7) is 6.04. The minimum Gasteiger partial charge on any atom is -0.359 e. The van der Waals surface area contributed by atoms with Crippen LogP contribution in [0.4, 0.5) is 0 Å². The number of aromatic nitrogens is 2. The van der Waals surface area contributed by atoms with Crippen molar-refractivity contribution >= 4 is 0 Å². The third kappa shape index (κ3) is 2.80. The Bertz CT molecular complexity index is 570. The first-order valence-corrected chi connectivity index (χ1v) is 7.60. The van der Waals surface area contributed by atoms with Gasteiger partial charge in [-0.25, -0.2) is 0 Å². The van der Waals surface area contributed by atoms with Gasteiger partial charge in [0.2, 0.25) is 0 Å². The van der Waals surface area contributed by atoms with Gasteiger partial charge in [-0.1, -0.05) is 12.1 Å². The highest BCUT2D eigenvalue weighted by atomic mass is 16.5. The van der Waals surface area contributed by atoms with Crippen LogP contribution in [0.15, 0.2) is 23.0 Å². The number of rotatable bonds is 5. The van der Waals surface area contributed by atoms with Crippen LogP contribution in [0.3, 0.4) is 0 Å². The van der Waals surface area contributed by atoms with E-state index in [1.807, 2.05) is 13.0 Å². The normalized spacial score (nSPS) is 18.2. The average molecular weight is 273 g/mol. The molecule has 1 aliphatic rings. The van der Waals surface area contributed by atoms with Gasteiger partial charge in [-0.05, 0) is 50.3 Å². The Hall–Kier alpha value is -1.55. The third-order valence-electron chi connectivity index (χ3n) is 3.97. The molecular formula is C16H23N3O. The molecule has 1 aliphatic carbocycles. The molecule has 0 aliphatic heterocycles. The van der Waals surface area contributed by atoms with Gasteiger partial charge in [0.05, 0.1) is 12.2 Å². The molecule has 0 fully saturated rings. The molecule has 0 saturated heterocycles. The van der Waals surface area contributed by atoms with E-state index in [0.717, 1.165) is 24.5 Å². The second kappa shape index (κ2) is 5.83. The van der Waals surface area contributed by atoms with E-state index in [2.05, 4.69) is 34.4 Å². The average Bonchev–Trinajstić information content (AvgIpc) is 3.02. The summed E-state index contributed by atoms with van der Waals surface area (Å²) in [5, 5.41) is 7.61. The van der Waals surface area contributed by atoms with E-state index < -0.39 is 0 Å². The highest BCUT2D eigenvalue weighted by Gasteiger charge is 2.21. The lowest BCUT2D eigenvalue weighted by Crippen LogP contribution is -2.24. The Labute approximate surface area is 120 Å². The van der Waals surface area contributed by atoms with Crippen molar-refractivity contribution < 1.29 is 4.52 Å². The van der Waals surface area contributed by atoms with Crippen LogP contribution in [-0.2, 0) is 13.0 Å². The zero-order valence-corrected chi connectivity index (χ0v) is 12.4. The number of hydrogen-bond acceptors (Lipinski definition) is 3. The summed E-state index contributed by atoms with van der Waals surface area (Å²) < 4.78 is 7.54. The Balaban J connectivity index is 1.76. The van der Waals surface area contributed by atoms with Gasteiger partial charge in [-0.2, -0.15) is 0 Å². The van der Waals surface area contributed by atoms with E-state index in [-0.39, 0.29) is 0 Å². The van der Waals surface area contributed by atoms with Gasteiger partial charge >= 0.3 is 0 Å². The lowest BCUT2D eigenvalue weighted by Gasteiger charge is -2.23. The summed E-state index contributed by atoms with van der Waals surface area (Å²) in [4.78, 5) is 0. The van der Waals surface area contributed by atoms with Gasteiger partial charge in [0.25, 0.3) is 0 Å². The first-order chi connectivity index (χ1) is 9.76. The van der Waals surface area contributed by atoms with E-state index in [0.29, 0.717) is 6.04 Å². The van der Waals surface area contributed by atoms with Crippen molar-refractivity contribution in [3.63, 3.8) is 0 Å². The van der Waals surface area contributed by atoms with Crippen molar-refractivity contribution in [2.75, 3.05) is 6.54 Å². The maximum atomic E-state index is 5.31. The zero-order valence-electron chi connectivity index (χ0n) is 12.4. The molecule has 1 unspecified atom stereocenters. The third-order valence-corrected chi connectivity index (χ3v) is 3.97. The van der Waals surface area contributed by atoms with Gasteiger partial charge in [0.1, 0.15) is 0 Å². The maximum Gasteiger partial charge on any atom is 0.156 e. The molecule has 0 saturated carbocycles. The summed E-state index contributed by atoms with van der Waals surface area (Å²) >= 11 is 0. The Morgan fingerprint density at radius 2 is 2.35 bits per heavy atom. The smallest absolute Gasteiger partial charge is 0.156 e. The molecule has 0 amide bonds. The predicted molar refractivity (Wildman–Crippen MR) is 78.7 cm³/mol. The molecule has 4 heteroatoms. The van der Waals surface area contributed by atoms with Crippen LogP contribution >= 0.6 is 0 Å². The minimum absolute atomic E-state index is 0.524. The quantitative estimate of drug-likeness (QED) is 0.909. The molecule has 2 aromatic rings. The largest absolute Gasteiger partial charge is 0.359 e. The van der Waals surface area contributed by atoms with Crippen molar-refractivity contribution in [1.82, 2.24) is 15.0 Å². The second-order valence-corrected chi connectivity index (χ2v) is 5.74. The predicted octanol–water partition coefficient (Wildman–Crippen LogP) is 3.21. The molecular weight excluding hydrogens is 250 g/mol. The maximum absolute atomic E-state index is 5.31. The summed E-state index contributed by atoms with van der Waals surface area (Å²) in [6, 6.07) is 2.53. The molecule has 0 aromatic carbocycles. The van der Waals surface area contributed by atoms with Crippen molar-refractivity contribution in [1.29, 1.82) is 0 Å². The molecule has 108 valence electrons. The van der Waals surface area contributed by atoms with Crippen LogP contribution in [0.5, 0.6) is 0 Å². The van der Waals surface area contributed by atoms with Crippen LogP contribution in [0.25, 0.3) is 0 Å². The number of hydrogen-bond donors (Lipinski definition) is 1. The standard InChI is InChI=1S/C16H23N3O/c1-3-7-17-16-6-4-5-13-9-19(11-15(13)16)10-14-8-12(2)18-20-14/h8-9,11,16-17H,3-7,10H2,1-2H3. The fourth-order valence-corrected chi connectivity index (χ4v) is 3.04. The fourth-order valence-electron chi connectivity index (χ4n) is 3.04. The van der Waals surface area contributed by atoms with Gasteiger partial charge in [-0.3, -0.25) is 0 Å². The highest BCUT2D eigenvalue weighted by molar-refractivity contribution is 5.30. The van der Waals surface area contributed by atoms with Crippen LogP contribution < -0.4 is 5.32 Å². The molecule has 3 rings (SSSR count). The number of aryl methyl sites for hydroxylation is 2. The summed E-state index contributed by atoms with van der Waals surface area (Å²) in [5.74, 6) is 0.924. The first kappa shape index (κ1) is 13.4. The summed E-state index contributed by atoms with van der Waals surface area (Å²) in [5.41, 5.74) is 3.90. The molecule has 0 bridgehead atoms. The molecule has 2 heterocycles. The molecule has 1 N–H and O–H groups in total. The summed E-state index contributed by atoms with van der Waals surface area (Å²) in [6.07, 6.45) is 9.46. The van der Waals surface area contributed by atoms with Gasteiger partial charge in [-0.15, -0.1) is 0 Å². The van der Waals surface area contributed by atoms with Gasteiger partial charge in [0, 0.05) is 24.5 Å². The first-order valence-electron chi connectivity index (χ1n) is 7.60. The van der Waals surface area contributed by atoms with E-state index in [1.165, 1.54) is 36.8 Å². The molecule has 20 heavy (non-hydrogen) atoms. The lowest BCUT2D eigenvalue weighted by molar-refractivity contribution is 0.373. The zero-order chi connectivity index (χ0) is 13.9. The number of fused-ring (bicyclic) bond motifs is 1. The molecule has 0 spiro atoms. The topological polar surface area (TPSA) is 43.0 Å².